The van der Waals surface area contributed by atoms with Crippen LogP contribution < -0.4 is 0 Å². The molecule has 1 saturated heterocycles. The third-order valence-electron chi connectivity index (χ3n) is 3.73. The molecule has 0 saturated carbocycles. The minimum atomic E-state index is -1.11. The van der Waals surface area contributed by atoms with Crippen LogP contribution in [0.5, 0.6) is 0 Å². The molecule has 0 radical (unpaired) electrons. The number of likely N-dealkylation sites (tertiary alicyclic amines) is 1. The lowest BCUT2D eigenvalue weighted by Gasteiger charge is -2.26. The van der Waals surface area contributed by atoms with Gasteiger partial charge in [-0.1, -0.05) is 6.42 Å². The van der Waals surface area contributed by atoms with Crippen molar-refractivity contribution >= 4 is 11.6 Å². The second-order valence-corrected chi connectivity index (χ2v) is 5.10. The van der Waals surface area contributed by atoms with E-state index >= 15 is 0 Å². The quantitative estimate of drug-likeness (QED) is 0.934. The average molecular weight is 277 g/mol. The van der Waals surface area contributed by atoms with E-state index in [9.17, 15) is 14.3 Å². The molecule has 0 aliphatic carbocycles. The Morgan fingerprint density at radius 3 is 2.80 bits per heavy atom. The average Bonchev–Trinajstić information content (AvgIpc) is 2.81. The Kier molecular flexibility index (Phi) is 3.40. The molecule has 5 nitrogen and oxygen atoms in total. The standard InChI is InChI=1S/C14H16FN3O2/c15-10-5-4-8-18-11(9-17-6-2-1-3-7-17)12(14(19)20)16-13(10)18/h4-5,8H,1-3,6-7,9H2,(H,19,20). The molecule has 0 atom stereocenters. The number of hydrogen-bond donors (Lipinski definition) is 1. The van der Waals surface area contributed by atoms with Crippen molar-refractivity contribution in [1.82, 2.24) is 14.3 Å². The van der Waals surface area contributed by atoms with Crippen molar-refractivity contribution in [3.05, 3.63) is 35.5 Å². The molecule has 2 aromatic heterocycles. The van der Waals surface area contributed by atoms with Gasteiger partial charge in [0.05, 0.1) is 5.69 Å². The first-order chi connectivity index (χ1) is 9.66. The molecule has 1 N–H and O–H groups in total. The molecule has 0 aromatic carbocycles. The molecule has 0 spiro atoms. The number of aromatic nitrogens is 2. The Morgan fingerprint density at radius 1 is 1.35 bits per heavy atom. The van der Waals surface area contributed by atoms with E-state index in [4.69, 9.17) is 0 Å². The van der Waals surface area contributed by atoms with E-state index in [0.717, 1.165) is 25.9 Å². The summed E-state index contributed by atoms with van der Waals surface area (Å²) >= 11 is 0. The van der Waals surface area contributed by atoms with Gasteiger partial charge in [-0.2, -0.15) is 0 Å². The van der Waals surface area contributed by atoms with Crippen molar-refractivity contribution in [3.8, 4) is 0 Å². The second-order valence-electron chi connectivity index (χ2n) is 5.10. The summed E-state index contributed by atoms with van der Waals surface area (Å²) in [5.41, 5.74) is 0.575. The number of aromatic carboxylic acids is 1. The van der Waals surface area contributed by atoms with E-state index in [1.807, 2.05) is 0 Å². The van der Waals surface area contributed by atoms with Crippen LogP contribution in [0.2, 0.25) is 0 Å². The maximum atomic E-state index is 13.7. The summed E-state index contributed by atoms with van der Waals surface area (Å²) in [6, 6.07) is 2.86. The second kappa shape index (κ2) is 5.20. The molecule has 2 aromatic rings. The van der Waals surface area contributed by atoms with Gasteiger partial charge in [0.15, 0.2) is 17.2 Å². The smallest absolute Gasteiger partial charge is 0.356 e. The van der Waals surface area contributed by atoms with Crippen LogP contribution in [-0.2, 0) is 6.54 Å². The van der Waals surface area contributed by atoms with E-state index in [1.54, 1.807) is 16.7 Å². The maximum Gasteiger partial charge on any atom is 0.356 e. The van der Waals surface area contributed by atoms with Gasteiger partial charge >= 0.3 is 5.97 Å². The Morgan fingerprint density at radius 2 is 2.10 bits per heavy atom. The normalized spacial score (nSPS) is 16.6. The van der Waals surface area contributed by atoms with Crippen molar-refractivity contribution in [2.45, 2.75) is 25.8 Å². The van der Waals surface area contributed by atoms with Gasteiger partial charge in [-0.05, 0) is 38.1 Å². The largest absolute Gasteiger partial charge is 0.476 e. The predicted molar refractivity (Wildman–Crippen MR) is 71.2 cm³/mol. The van der Waals surface area contributed by atoms with Crippen molar-refractivity contribution in [2.75, 3.05) is 13.1 Å². The van der Waals surface area contributed by atoms with Gasteiger partial charge in [-0.25, -0.2) is 14.2 Å². The molecule has 1 aliphatic rings. The summed E-state index contributed by atoms with van der Waals surface area (Å²) in [5, 5.41) is 9.27. The summed E-state index contributed by atoms with van der Waals surface area (Å²) in [6.45, 7) is 2.38. The van der Waals surface area contributed by atoms with Gasteiger partial charge in [0.25, 0.3) is 0 Å². The first-order valence-corrected chi connectivity index (χ1v) is 6.78. The number of nitrogens with zero attached hydrogens (tertiary/aromatic N) is 3. The number of pyridine rings is 1. The summed E-state index contributed by atoms with van der Waals surface area (Å²) in [4.78, 5) is 17.5. The van der Waals surface area contributed by atoms with Crippen molar-refractivity contribution in [3.63, 3.8) is 0 Å². The molecule has 1 aliphatic heterocycles. The zero-order valence-electron chi connectivity index (χ0n) is 11.0. The van der Waals surface area contributed by atoms with Crippen LogP contribution in [0.25, 0.3) is 5.65 Å². The van der Waals surface area contributed by atoms with Crippen LogP contribution in [-0.4, -0.2) is 38.4 Å². The molecule has 0 bridgehead atoms. The monoisotopic (exact) mass is 277 g/mol. The Bertz CT molecular complexity index is 647. The van der Waals surface area contributed by atoms with Gasteiger partial charge < -0.3 is 5.11 Å². The lowest BCUT2D eigenvalue weighted by atomic mass is 10.1. The number of carboxylic acids is 1. The fourth-order valence-corrected chi connectivity index (χ4v) is 2.74. The molecule has 3 rings (SSSR count). The zero-order valence-corrected chi connectivity index (χ0v) is 11.0. The summed E-state index contributed by atoms with van der Waals surface area (Å²) in [6.07, 6.45) is 5.11. The third-order valence-corrected chi connectivity index (χ3v) is 3.73. The van der Waals surface area contributed by atoms with Gasteiger partial charge in [0.1, 0.15) is 0 Å². The van der Waals surface area contributed by atoms with E-state index < -0.39 is 11.8 Å². The Hall–Kier alpha value is -1.95. The van der Waals surface area contributed by atoms with Gasteiger partial charge in [-0.3, -0.25) is 9.30 Å². The van der Waals surface area contributed by atoms with E-state index in [2.05, 4.69) is 9.88 Å². The minimum Gasteiger partial charge on any atom is -0.476 e. The molecule has 1 fully saturated rings. The van der Waals surface area contributed by atoms with Crippen LogP contribution in [0.1, 0.15) is 35.4 Å². The highest BCUT2D eigenvalue weighted by Crippen LogP contribution is 2.19. The van der Waals surface area contributed by atoms with Crippen LogP contribution >= 0.6 is 0 Å². The zero-order chi connectivity index (χ0) is 14.1. The highest BCUT2D eigenvalue weighted by molar-refractivity contribution is 5.88. The number of rotatable bonds is 3. The molecule has 6 heteroatoms. The van der Waals surface area contributed by atoms with Crippen molar-refractivity contribution in [1.29, 1.82) is 0 Å². The number of piperidine rings is 1. The van der Waals surface area contributed by atoms with E-state index in [-0.39, 0.29) is 11.3 Å². The number of carbonyl (C=O) groups is 1. The van der Waals surface area contributed by atoms with Crippen LogP contribution in [0.15, 0.2) is 18.3 Å². The van der Waals surface area contributed by atoms with Crippen LogP contribution in [0, 0.1) is 5.82 Å². The highest BCUT2D eigenvalue weighted by atomic mass is 19.1. The number of imidazole rings is 1. The molecular formula is C14H16FN3O2. The van der Waals surface area contributed by atoms with E-state index in [1.165, 1.54) is 12.5 Å². The predicted octanol–water partition coefficient (Wildman–Crippen LogP) is 2.16. The van der Waals surface area contributed by atoms with Crippen molar-refractivity contribution < 1.29 is 14.3 Å². The molecule has 3 heterocycles. The summed E-state index contributed by atoms with van der Waals surface area (Å²) in [5.74, 6) is -1.61. The van der Waals surface area contributed by atoms with Crippen LogP contribution in [0.3, 0.4) is 0 Å². The van der Waals surface area contributed by atoms with Gasteiger partial charge in [-0.15, -0.1) is 0 Å². The highest BCUT2D eigenvalue weighted by Gasteiger charge is 2.22. The Labute approximate surface area is 115 Å². The number of fused-ring (bicyclic) bond motifs is 1. The molecular weight excluding hydrogens is 261 g/mol. The fourth-order valence-electron chi connectivity index (χ4n) is 2.74. The number of hydrogen-bond acceptors (Lipinski definition) is 3. The van der Waals surface area contributed by atoms with Gasteiger partial charge in [0.2, 0.25) is 0 Å². The first kappa shape index (κ1) is 13.1. The maximum absolute atomic E-state index is 13.7. The third kappa shape index (κ3) is 2.27. The molecule has 106 valence electrons. The van der Waals surface area contributed by atoms with Crippen molar-refractivity contribution in [2.24, 2.45) is 0 Å². The summed E-state index contributed by atoms with van der Waals surface area (Å²) < 4.78 is 15.3. The van der Waals surface area contributed by atoms with Crippen LogP contribution in [0.4, 0.5) is 4.39 Å². The molecule has 0 unspecified atom stereocenters. The molecule has 20 heavy (non-hydrogen) atoms. The lowest BCUT2D eigenvalue weighted by Crippen LogP contribution is -2.30. The lowest BCUT2D eigenvalue weighted by molar-refractivity contribution is 0.0688. The summed E-state index contributed by atoms with van der Waals surface area (Å²) in [7, 11) is 0. The topological polar surface area (TPSA) is 57.8 Å². The minimum absolute atomic E-state index is 0.0549. The number of carboxylic acid groups (broad SMARTS) is 1. The Balaban J connectivity index is 2.04. The SMILES string of the molecule is O=C(O)c1nc2c(F)cccn2c1CN1CCCCC1. The fraction of sp³-hybridized carbons (Fsp3) is 0.429. The first-order valence-electron chi connectivity index (χ1n) is 6.78. The number of halogens is 1. The van der Waals surface area contributed by atoms with E-state index in [0.29, 0.717) is 12.2 Å². The van der Waals surface area contributed by atoms with Gasteiger partial charge in [0, 0.05) is 12.7 Å². The molecule has 0 amide bonds.